The zero-order valence-corrected chi connectivity index (χ0v) is 18.1. The van der Waals surface area contributed by atoms with Gasteiger partial charge in [0.25, 0.3) is 0 Å². The Balaban J connectivity index is 1.62. The van der Waals surface area contributed by atoms with Crippen LogP contribution in [0.25, 0.3) is 11.5 Å². The third kappa shape index (κ3) is 6.04. The van der Waals surface area contributed by atoms with E-state index in [4.69, 9.17) is 13.9 Å². The van der Waals surface area contributed by atoms with Gasteiger partial charge in [-0.3, -0.25) is 9.59 Å². The summed E-state index contributed by atoms with van der Waals surface area (Å²) in [5.74, 6) is 1.63. The van der Waals surface area contributed by atoms with Gasteiger partial charge in [-0.1, -0.05) is 24.3 Å². The molecule has 0 aliphatic carbocycles. The van der Waals surface area contributed by atoms with Crippen LogP contribution in [-0.4, -0.2) is 30.0 Å². The lowest BCUT2D eigenvalue weighted by molar-refractivity contribution is -0.143. The van der Waals surface area contributed by atoms with Crippen molar-refractivity contribution in [1.29, 1.82) is 0 Å². The van der Waals surface area contributed by atoms with Crippen molar-refractivity contribution in [2.24, 2.45) is 0 Å². The summed E-state index contributed by atoms with van der Waals surface area (Å²) in [7, 11) is 0. The van der Waals surface area contributed by atoms with Crippen LogP contribution in [0.1, 0.15) is 47.6 Å². The number of oxazole rings is 1. The van der Waals surface area contributed by atoms with Crippen molar-refractivity contribution in [1.82, 2.24) is 4.98 Å². The Labute approximate surface area is 182 Å². The number of ketones is 1. The van der Waals surface area contributed by atoms with E-state index < -0.39 is 0 Å². The smallest absolute Gasteiger partial charge is 0.306 e. The van der Waals surface area contributed by atoms with E-state index in [1.807, 2.05) is 49.4 Å². The molecule has 0 atom stereocenters. The Morgan fingerprint density at radius 1 is 1.06 bits per heavy atom. The van der Waals surface area contributed by atoms with Crippen LogP contribution in [0.15, 0.2) is 52.9 Å². The molecule has 0 N–H and O–H groups in total. The van der Waals surface area contributed by atoms with Crippen LogP contribution >= 0.6 is 0 Å². The van der Waals surface area contributed by atoms with Crippen LogP contribution < -0.4 is 4.74 Å². The van der Waals surface area contributed by atoms with Gasteiger partial charge in [0.2, 0.25) is 5.89 Å². The number of aryl methyl sites for hydroxylation is 2. The molecular formula is C25H27NO5. The van der Waals surface area contributed by atoms with E-state index in [1.54, 1.807) is 13.0 Å². The molecule has 0 bridgehead atoms. The van der Waals surface area contributed by atoms with Gasteiger partial charge in [-0.25, -0.2) is 4.98 Å². The molecule has 1 aromatic heterocycles. The average Bonchev–Trinajstić information content (AvgIpc) is 3.14. The topological polar surface area (TPSA) is 78.6 Å². The summed E-state index contributed by atoms with van der Waals surface area (Å²) in [5, 5.41) is 0. The summed E-state index contributed by atoms with van der Waals surface area (Å²) >= 11 is 0. The molecule has 0 saturated heterocycles. The van der Waals surface area contributed by atoms with Crippen LogP contribution in [0.3, 0.4) is 0 Å². The predicted molar refractivity (Wildman–Crippen MR) is 117 cm³/mol. The van der Waals surface area contributed by atoms with Gasteiger partial charge in [-0.05, 0) is 57.0 Å². The highest BCUT2D eigenvalue weighted by Gasteiger charge is 2.13. The summed E-state index contributed by atoms with van der Waals surface area (Å²) in [6.45, 7) is 5.93. The number of ether oxygens (including phenoxy) is 2. The highest BCUT2D eigenvalue weighted by molar-refractivity contribution is 5.96. The van der Waals surface area contributed by atoms with Crippen LogP contribution in [0, 0.1) is 6.92 Å². The quantitative estimate of drug-likeness (QED) is 0.340. The Kier molecular flexibility index (Phi) is 7.60. The van der Waals surface area contributed by atoms with Gasteiger partial charge >= 0.3 is 5.97 Å². The Morgan fingerprint density at radius 3 is 2.55 bits per heavy atom. The molecular weight excluding hydrogens is 394 g/mol. The summed E-state index contributed by atoms with van der Waals surface area (Å²) < 4.78 is 16.6. The fourth-order valence-corrected chi connectivity index (χ4v) is 3.29. The van der Waals surface area contributed by atoms with Crippen LogP contribution in [0.2, 0.25) is 0 Å². The molecule has 31 heavy (non-hydrogen) atoms. The molecule has 0 fully saturated rings. The maximum Gasteiger partial charge on any atom is 0.306 e. The summed E-state index contributed by atoms with van der Waals surface area (Å²) in [5.41, 5.74) is 3.15. The van der Waals surface area contributed by atoms with Crippen LogP contribution in [0.4, 0.5) is 0 Å². The number of esters is 1. The second-order valence-corrected chi connectivity index (χ2v) is 7.17. The maximum atomic E-state index is 12.1. The average molecular weight is 421 g/mol. The Hall–Kier alpha value is -3.41. The molecule has 0 aliphatic rings. The van der Waals surface area contributed by atoms with Crippen LogP contribution in [-0.2, 0) is 22.4 Å². The molecule has 1 heterocycles. The van der Waals surface area contributed by atoms with Crippen molar-refractivity contribution >= 4 is 11.8 Å². The second kappa shape index (κ2) is 10.6. The highest BCUT2D eigenvalue weighted by Crippen LogP contribution is 2.23. The largest absolute Gasteiger partial charge is 0.493 e. The lowest BCUT2D eigenvalue weighted by Gasteiger charge is -2.11. The van der Waals surface area contributed by atoms with Gasteiger partial charge in [-0.15, -0.1) is 0 Å². The molecule has 0 aliphatic heterocycles. The highest BCUT2D eigenvalue weighted by atomic mass is 16.5. The summed E-state index contributed by atoms with van der Waals surface area (Å²) in [4.78, 5) is 28.3. The number of Topliss-reactive ketones (excluding diaryl/α,β-unsaturated/α-hetero) is 1. The van der Waals surface area contributed by atoms with Gasteiger partial charge in [0.1, 0.15) is 11.5 Å². The standard InChI is InChI=1S/C25H27NO5/c1-4-29-24(28)13-11-19-10-12-21(16-22(19)17(2)27)30-15-14-23-18(3)31-25(26-23)20-8-6-5-7-9-20/h5-10,12,16H,4,11,13-15H2,1-3H3. The van der Waals surface area contributed by atoms with Crippen molar-refractivity contribution in [3.8, 4) is 17.2 Å². The molecule has 0 amide bonds. The van der Waals surface area contributed by atoms with Crippen molar-refractivity contribution in [3.05, 3.63) is 71.1 Å². The number of carbonyl (C=O) groups excluding carboxylic acids is 2. The van der Waals surface area contributed by atoms with Gasteiger partial charge in [0, 0.05) is 24.0 Å². The van der Waals surface area contributed by atoms with Gasteiger partial charge < -0.3 is 13.9 Å². The molecule has 0 radical (unpaired) electrons. The minimum Gasteiger partial charge on any atom is -0.493 e. The molecule has 6 nitrogen and oxygen atoms in total. The van der Waals surface area contributed by atoms with E-state index in [2.05, 4.69) is 4.98 Å². The third-order valence-corrected chi connectivity index (χ3v) is 4.89. The number of aromatic nitrogens is 1. The monoisotopic (exact) mass is 421 g/mol. The molecule has 3 aromatic rings. The van der Waals surface area contributed by atoms with Crippen molar-refractivity contribution in [3.63, 3.8) is 0 Å². The molecule has 0 saturated carbocycles. The van der Waals surface area contributed by atoms with Gasteiger partial charge in [-0.2, -0.15) is 0 Å². The lowest BCUT2D eigenvalue weighted by atomic mass is 10.00. The van der Waals surface area contributed by atoms with Gasteiger partial charge in [0.15, 0.2) is 5.78 Å². The zero-order valence-electron chi connectivity index (χ0n) is 18.1. The fraction of sp³-hybridized carbons (Fsp3) is 0.320. The van der Waals surface area contributed by atoms with E-state index >= 15 is 0 Å². The van der Waals surface area contributed by atoms with E-state index in [0.717, 1.165) is 22.6 Å². The first-order chi connectivity index (χ1) is 15.0. The zero-order chi connectivity index (χ0) is 22.2. The predicted octanol–water partition coefficient (Wildman–Crippen LogP) is 4.97. The molecule has 3 rings (SSSR count). The number of nitrogens with zero attached hydrogens (tertiary/aromatic N) is 1. The number of hydrogen-bond donors (Lipinski definition) is 0. The van der Waals surface area contributed by atoms with E-state index in [0.29, 0.717) is 43.3 Å². The lowest BCUT2D eigenvalue weighted by Crippen LogP contribution is -2.08. The first kappa shape index (κ1) is 22.3. The molecule has 162 valence electrons. The Morgan fingerprint density at radius 2 is 1.84 bits per heavy atom. The minimum absolute atomic E-state index is 0.0656. The molecule has 0 spiro atoms. The van der Waals surface area contributed by atoms with E-state index in [9.17, 15) is 9.59 Å². The van der Waals surface area contributed by atoms with E-state index in [-0.39, 0.29) is 18.2 Å². The number of rotatable bonds is 10. The third-order valence-electron chi connectivity index (χ3n) is 4.89. The summed E-state index contributed by atoms with van der Waals surface area (Å²) in [6.07, 6.45) is 1.28. The number of hydrogen-bond acceptors (Lipinski definition) is 6. The van der Waals surface area contributed by atoms with Gasteiger partial charge in [0.05, 0.1) is 18.9 Å². The SMILES string of the molecule is CCOC(=O)CCc1ccc(OCCc2nc(-c3ccccc3)oc2C)cc1C(C)=O. The van der Waals surface area contributed by atoms with Crippen molar-refractivity contribution in [2.75, 3.05) is 13.2 Å². The second-order valence-electron chi connectivity index (χ2n) is 7.17. The number of carbonyl (C=O) groups is 2. The minimum atomic E-state index is -0.268. The maximum absolute atomic E-state index is 12.1. The van der Waals surface area contributed by atoms with Crippen LogP contribution in [0.5, 0.6) is 5.75 Å². The molecule has 0 unspecified atom stereocenters. The van der Waals surface area contributed by atoms with Crippen molar-refractivity contribution < 1.29 is 23.5 Å². The molecule has 6 heteroatoms. The fourth-order valence-electron chi connectivity index (χ4n) is 3.29. The first-order valence-electron chi connectivity index (χ1n) is 10.4. The molecule has 2 aromatic carbocycles. The van der Waals surface area contributed by atoms with Crippen molar-refractivity contribution in [2.45, 2.75) is 40.0 Å². The summed E-state index contributed by atoms with van der Waals surface area (Å²) in [6, 6.07) is 15.1. The normalized spacial score (nSPS) is 10.7. The first-order valence-corrected chi connectivity index (χ1v) is 10.4. The van der Waals surface area contributed by atoms with E-state index in [1.165, 1.54) is 6.92 Å². The Bertz CT molecular complexity index is 1040. The number of benzene rings is 2.